The Labute approximate surface area is 114 Å². The van der Waals surface area contributed by atoms with Crippen molar-refractivity contribution in [3.63, 3.8) is 0 Å². The number of fused-ring (bicyclic) bond motifs is 3. The summed E-state index contributed by atoms with van der Waals surface area (Å²) in [5.74, 6) is -0.0149. The number of nitrogens with zero attached hydrogens (tertiary/aromatic N) is 4. The zero-order chi connectivity index (χ0) is 13.5. The van der Waals surface area contributed by atoms with Gasteiger partial charge in [-0.1, -0.05) is 0 Å². The maximum absolute atomic E-state index is 12.4. The summed E-state index contributed by atoms with van der Waals surface area (Å²) in [4.78, 5) is 26.0. The second kappa shape index (κ2) is 4.31. The fourth-order valence-corrected chi connectivity index (χ4v) is 2.58. The Morgan fingerprint density at radius 1 is 1.30 bits per heavy atom. The molecule has 1 amide bonds. The minimum absolute atomic E-state index is 0.0149. The van der Waals surface area contributed by atoms with Crippen LogP contribution in [0.25, 0.3) is 16.8 Å². The summed E-state index contributed by atoms with van der Waals surface area (Å²) in [6, 6.07) is 1.93. The number of carbonyl (C=O) groups excluding carboxylic acids is 1. The molecule has 0 radical (unpaired) electrons. The van der Waals surface area contributed by atoms with Crippen LogP contribution in [-0.2, 0) is 0 Å². The normalized spacial score (nSPS) is 16.1. The van der Waals surface area contributed by atoms with Crippen LogP contribution in [-0.4, -0.2) is 56.3 Å². The van der Waals surface area contributed by atoms with Crippen LogP contribution in [0, 0.1) is 0 Å². The first-order valence-corrected chi connectivity index (χ1v) is 6.64. The van der Waals surface area contributed by atoms with Crippen molar-refractivity contribution in [2.24, 2.45) is 0 Å². The van der Waals surface area contributed by atoms with Gasteiger partial charge in [-0.25, -0.2) is 9.97 Å². The number of imidazole rings is 1. The molecule has 0 saturated carbocycles. The van der Waals surface area contributed by atoms with E-state index in [0.717, 1.165) is 37.3 Å². The molecule has 7 heteroatoms. The smallest absolute Gasteiger partial charge is 0.274 e. The standard InChI is InChI=1S/C13H14N6O/c20-13(18-5-3-14-4-6-18)9-8-19-10-1-2-15-12(10)16-7-11(19)17-9/h1-2,7-8,14-15H,3-6H2. The van der Waals surface area contributed by atoms with Gasteiger partial charge in [-0.15, -0.1) is 0 Å². The molecule has 4 heterocycles. The van der Waals surface area contributed by atoms with E-state index >= 15 is 0 Å². The van der Waals surface area contributed by atoms with E-state index in [2.05, 4.69) is 20.3 Å². The molecular weight excluding hydrogens is 256 g/mol. The molecule has 0 bridgehead atoms. The number of aromatic nitrogens is 4. The average Bonchev–Trinajstić information content (AvgIpc) is 3.12. The van der Waals surface area contributed by atoms with Crippen LogP contribution in [0.5, 0.6) is 0 Å². The predicted molar refractivity (Wildman–Crippen MR) is 73.6 cm³/mol. The van der Waals surface area contributed by atoms with Gasteiger partial charge in [0.15, 0.2) is 11.3 Å². The van der Waals surface area contributed by atoms with Crippen LogP contribution >= 0.6 is 0 Å². The van der Waals surface area contributed by atoms with Gasteiger partial charge < -0.3 is 15.2 Å². The summed E-state index contributed by atoms with van der Waals surface area (Å²) < 4.78 is 1.90. The molecule has 1 fully saturated rings. The Hall–Kier alpha value is -2.41. The van der Waals surface area contributed by atoms with E-state index in [9.17, 15) is 4.79 Å². The lowest BCUT2D eigenvalue weighted by Crippen LogP contribution is -2.46. The van der Waals surface area contributed by atoms with Gasteiger partial charge in [0.2, 0.25) is 0 Å². The molecule has 0 unspecified atom stereocenters. The number of amides is 1. The summed E-state index contributed by atoms with van der Waals surface area (Å²) >= 11 is 0. The molecule has 20 heavy (non-hydrogen) atoms. The van der Waals surface area contributed by atoms with Crippen LogP contribution in [0.15, 0.2) is 24.7 Å². The van der Waals surface area contributed by atoms with Crippen LogP contribution in [0.4, 0.5) is 0 Å². The molecule has 102 valence electrons. The maximum atomic E-state index is 12.4. The maximum Gasteiger partial charge on any atom is 0.274 e. The Morgan fingerprint density at radius 3 is 3.00 bits per heavy atom. The summed E-state index contributed by atoms with van der Waals surface area (Å²) in [5, 5.41) is 3.23. The van der Waals surface area contributed by atoms with E-state index in [1.165, 1.54) is 0 Å². The van der Waals surface area contributed by atoms with Gasteiger partial charge in [0.1, 0.15) is 5.69 Å². The molecule has 0 aromatic carbocycles. The number of piperazine rings is 1. The lowest BCUT2D eigenvalue weighted by Gasteiger charge is -2.26. The molecule has 0 spiro atoms. The van der Waals surface area contributed by atoms with Gasteiger partial charge in [0.05, 0.1) is 11.7 Å². The Morgan fingerprint density at radius 2 is 2.15 bits per heavy atom. The van der Waals surface area contributed by atoms with E-state index in [4.69, 9.17) is 0 Å². The summed E-state index contributed by atoms with van der Waals surface area (Å²) in [6.45, 7) is 3.13. The zero-order valence-electron chi connectivity index (χ0n) is 10.8. The Bertz CT molecular complexity index is 782. The molecule has 1 aliphatic rings. The van der Waals surface area contributed by atoms with Crippen LogP contribution in [0.3, 0.4) is 0 Å². The fourth-order valence-electron chi connectivity index (χ4n) is 2.58. The lowest BCUT2D eigenvalue weighted by atomic mass is 10.3. The largest absolute Gasteiger partial charge is 0.345 e. The molecular formula is C13H14N6O. The zero-order valence-corrected chi connectivity index (χ0v) is 10.8. The molecule has 0 atom stereocenters. The Kier molecular flexibility index (Phi) is 2.46. The number of hydrogen-bond donors (Lipinski definition) is 2. The summed E-state index contributed by atoms with van der Waals surface area (Å²) in [6.07, 6.45) is 5.29. The molecule has 3 aromatic heterocycles. The van der Waals surface area contributed by atoms with Crippen LogP contribution < -0.4 is 5.32 Å². The highest BCUT2D eigenvalue weighted by Crippen LogP contribution is 2.15. The number of hydrogen-bond acceptors (Lipinski definition) is 4. The highest BCUT2D eigenvalue weighted by atomic mass is 16.2. The van der Waals surface area contributed by atoms with E-state index in [0.29, 0.717) is 11.3 Å². The molecule has 1 saturated heterocycles. The first-order chi connectivity index (χ1) is 9.83. The van der Waals surface area contributed by atoms with Crippen molar-refractivity contribution in [3.8, 4) is 0 Å². The number of nitrogens with one attached hydrogen (secondary N) is 2. The monoisotopic (exact) mass is 270 g/mol. The van der Waals surface area contributed by atoms with Gasteiger partial charge in [0.25, 0.3) is 5.91 Å². The average molecular weight is 270 g/mol. The molecule has 4 rings (SSSR count). The van der Waals surface area contributed by atoms with Gasteiger partial charge >= 0.3 is 0 Å². The van der Waals surface area contributed by atoms with Crippen molar-refractivity contribution < 1.29 is 4.79 Å². The third kappa shape index (κ3) is 1.67. The Balaban J connectivity index is 1.78. The van der Waals surface area contributed by atoms with Crippen molar-refractivity contribution >= 4 is 22.7 Å². The van der Waals surface area contributed by atoms with Crippen LogP contribution in [0.1, 0.15) is 10.5 Å². The van der Waals surface area contributed by atoms with Crippen molar-refractivity contribution in [2.75, 3.05) is 26.2 Å². The third-order valence-electron chi connectivity index (χ3n) is 3.63. The number of aromatic amines is 1. The first-order valence-electron chi connectivity index (χ1n) is 6.64. The van der Waals surface area contributed by atoms with Crippen molar-refractivity contribution in [3.05, 3.63) is 30.4 Å². The van der Waals surface area contributed by atoms with Gasteiger partial charge in [-0.2, -0.15) is 0 Å². The van der Waals surface area contributed by atoms with E-state index < -0.39 is 0 Å². The number of rotatable bonds is 1. The molecule has 7 nitrogen and oxygen atoms in total. The quantitative estimate of drug-likeness (QED) is 0.664. The van der Waals surface area contributed by atoms with Crippen molar-refractivity contribution in [1.29, 1.82) is 0 Å². The second-order valence-electron chi connectivity index (χ2n) is 4.87. The predicted octanol–water partition coefficient (Wildman–Crippen LogP) is 0.256. The number of carbonyl (C=O) groups is 1. The van der Waals surface area contributed by atoms with Crippen molar-refractivity contribution in [2.45, 2.75) is 0 Å². The lowest BCUT2D eigenvalue weighted by molar-refractivity contribution is 0.0730. The summed E-state index contributed by atoms with van der Waals surface area (Å²) in [7, 11) is 0. The fraction of sp³-hybridized carbons (Fsp3) is 0.308. The van der Waals surface area contributed by atoms with Crippen molar-refractivity contribution in [1.82, 2.24) is 29.6 Å². The second-order valence-corrected chi connectivity index (χ2v) is 4.87. The minimum atomic E-state index is -0.0149. The molecule has 3 aromatic rings. The SMILES string of the molecule is O=C(c1cn2c(cnc3[nH]ccc32)n1)N1CCNCC1. The van der Waals surface area contributed by atoms with E-state index in [1.807, 2.05) is 21.6 Å². The topological polar surface area (TPSA) is 78.3 Å². The minimum Gasteiger partial charge on any atom is -0.345 e. The highest BCUT2D eigenvalue weighted by molar-refractivity contribution is 5.93. The first kappa shape index (κ1) is 11.4. The summed E-state index contributed by atoms with van der Waals surface area (Å²) in [5.41, 5.74) is 2.88. The van der Waals surface area contributed by atoms with E-state index in [1.54, 1.807) is 12.4 Å². The molecule has 2 N–H and O–H groups in total. The van der Waals surface area contributed by atoms with E-state index in [-0.39, 0.29) is 5.91 Å². The van der Waals surface area contributed by atoms with Gasteiger partial charge in [-0.3, -0.25) is 9.20 Å². The number of H-pyrrole nitrogens is 1. The van der Waals surface area contributed by atoms with Crippen LogP contribution in [0.2, 0.25) is 0 Å². The molecule has 0 aliphatic carbocycles. The van der Waals surface area contributed by atoms with Gasteiger partial charge in [-0.05, 0) is 6.07 Å². The van der Waals surface area contributed by atoms with Gasteiger partial charge in [0, 0.05) is 38.6 Å². The highest BCUT2D eigenvalue weighted by Gasteiger charge is 2.21. The third-order valence-corrected chi connectivity index (χ3v) is 3.63. The molecule has 1 aliphatic heterocycles.